The molecule has 1 saturated carbocycles. The molecule has 0 saturated heterocycles. The Kier molecular flexibility index (Phi) is 8.72. The van der Waals surface area contributed by atoms with Crippen LogP contribution >= 0.6 is 0 Å². The van der Waals surface area contributed by atoms with Gasteiger partial charge in [-0.15, -0.1) is 0 Å². The van der Waals surface area contributed by atoms with Crippen molar-refractivity contribution in [2.24, 2.45) is 5.92 Å². The van der Waals surface area contributed by atoms with Crippen LogP contribution in [0, 0.1) is 5.92 Å². The molecule has 0 heterocycles. The van der Waals surface area contributed by atoms with Gasteiger partial charge in [-0.1, -0.05) is 46.5 Å². The summed E-state index contributed by atoms with van der Waals surface area (Å²) in [5.41, 5.74) is 0. The molecule has 1 aliphatic carbocycles. The third kappa shape index (κ3) is 6.76. The summed E-state index contributed by atoms with van der Waals surface area (Å²) in [6.45, 7) is 10.1. The van der Waals surface area contributed by atoms with Crippen molar-refractivity contribution in [3.8, 4) is 0 Å². The van der Waals surface area contributed by atoms with E-state index in [9.17, 15) is 0 Å². The first kappa shape index (κ1) is 17.0. The van der Waals surface area contributed by atoms with E-state index >= 15 is 0 Å². The van der Waals surface area contributed by atoms with E-state index in [4.69, 9.17) is 4.74 Å². The summed E-state index contributed by atoms with van der Waals surface area (Å²) in [4.78, 5) is 0. The van der Waals surface area contributed by atoms with Gasteiger partial charge in [-0.3, -0.25) is 0 Å². The zero-order chi connectivity index (χ0) is 14.1. The minimum absolute atomic E-state index is 0.424. The van der Waals surface area contributed by atoms with Crippen molar-refractivity contribution >= 4 is 0 Å². The summed E-state index contributed by atoms with van der Waals surface area (Å²) >= 11 is 0. The highest BCUT2D eigenvalue weighted by Crippen LogP contribution is 2.27. The number of likely N-dealkylation sites (N-methyl/N-ethyl adjacent to an activating group) is 1. The van der Waals surface area contributed by atoms with Gasteiger partial charge < -0.3 is 10.1 Å². The van der Waals surface area contributed by atoms with Gasteiger partial charge in [0.25, 0.3) is 0 Å². The largest absolute Gasteiger partial charge is 0.374 e. The van der Waals surface area contributed by atoms with Gasteiger partial charge in [0.05, 0.1) is 12.2 Å². The van der Waals surface area contributed by atoms with Gasteiger partial charge in [0.15, 0.2) is 0 Å². The fourth-order valence-electron chi connectivity index (χ4n) is 3.20. The molecular weight excluding hydrogens is 234 g/mol. The van der Waals surface area contributed by atoms with Gasteiger partial charge in [-0.2, -0.15) is 0 Å². The van der Waals surface area contributed by atoms with Gasteiger partial charge >= 0.3 is 0 Å². The van der Waals surface area contributed by atoms with Crippen LogP contribution in [0.25, 0.3) is 0 Å². The van der Waals surface area contributed by atoms with Crippen LogP contribution in [0.2, 0.25) is 0 Å². The molecule has 0 aromatic heterocycles. The Morgan fingerprint density at radius 3 is 2.63 bits per heavy atom. The lowest BCUT2D eigenvalue weighted by Gasteiger charge is -2.37. The molecule has 2 heteroatoms. The van der Waals surface area contributed by atoms with Crippen LogP contribution in [0.1, 0.15) is 79.1 Å². The molecule has 114 valence electrons. The first-order valence-corrected chi connectivity index (χ1v) is 8.56. The highest BCUT2D eigenvalue weighted by atomic mass is 16.5. The van der Waals surface area contributed by atoms with E-state index < -0.39 is 0 Å². The Labute approximate surface area is 120 Å². The van der Waals surface area contributed by atoms with E-state index in [1.54, 1.807) is 0 Å². The maximum Gasteiger partial charge on any atom is 0.0734 e. The quantitative estimate of drug-likeness (QED) is 0.621. The Balaban J connectivity index is 2.29. The molecule has 1 N–H and O–H groups in total. The predicted molar refractivity (Wildman–Crippen MR) is 83.6 cm³/mol. The fraction of sp³-hybridized carbons (Fsp3) is 1.00. The van der Waals surface area contributed by atoms with Gasteiger partial charge in [0.1, 0.15) is 0 Å². The molecule has 2 nitrogen and oxygen atoms in total. The number of hydrogen-bond acceptors (Lipinski definition) is 2. The summed E-state index contributed by atoms with van der Waals surface area (Å²) in [5.74, 6) is 0.826. The minimum atomic E-state index is 0.424. The second-order valence-corrected chi connectivity index (χ2v) is 6.42. The van der Waals surface area contributed by atoms with E-state index in [0.717, 1.165) is 12.5 Å². The van der Waals surface area contributed by atoms with Crippen molar-refractivity contribution in [3.05, 3.63) is 0 Å². The molecule has 0 amide bonds. The van der Waals surface area contributed by atoms with Crippen molar-refractivity contribution in [2.75, 3.05) is 6.54 Å². The van der Waals surface area contributed by atoms with Crippen LogP contribution in [-0.2, 0) is 4.74 Å². The first-order valence-electron chi connectivity index (χ1n) is 8.56. The predicted octanol–water partition coefficient (Wildman–Crippen LogP) is 4.53. The third-order valence-electron chi connectivity index (χ3n) is 4.39. The zero-order valence-electron chi connectivity index (χ0n) is 13.6. The van der Waals surface area contributed by atoms with Gasteiger partial charge in [-0.05, 0) is 45.1 Å². The Morgan fingerprint density at radius 1 is 1.16 bits per heavy atom. The standard InChI is InChI=1S/C17H35NO/c1-5-7-8-9-10-15(4)19-17-13-14(3)11-12-16(17)18-6-2/h14-18H,5-13H2,1-4H3. The van der Waals surface area contributed by atoms with Crippen molar-refractivity contribution in [3.63, 3.8) is 0 Å². The summed E-state index contributed by atoms with van der Waals surface area (Å²) in [7, 11) is 0. The molecule has 1 rings (SSSR count). The zero-order valence-corrected chi connectivity index (χ0v) is 13.6. The number of unbranched alkanes of at least 4 members (excludes halogenated alkanes) is 3. The topological polar surface area (TPSA) is 21.3 Å². The van der Waals surface area contributed by atoms with E-state index in [1.807, 2.05) is 0 Å². The highest BCUT2D eigenvalue weighted by molar-refractivity contribution is 4.84. The van der Waals surface area contributed by atoms with Crippen molar-refractivity contribution in [1.82, 2.24) is 5.32 Å². The highest BCUT2D eigenvalue weighted by Gasteiger charge is 2.29. The first-order chi connectivity index (χ1) is 9.17. The van der Waals surface area contributed by atoms with Gasteiger partial charge in [0, 0.05) is 6.04 Å². The molecule has 0 bridgehead atoms. The van der Waals surface area contributed by atoms with Crippen molar-refractivity contribution < 1.29 is 4.74 Å². The number of nitrogens with one attached hydrogen (secondary N) is 1. The normalized spacial score (nSPS) is 29.4. The molecule has 4 unspecified atom stereocenters. The van der Waals surface area contributed by atoms with Gasteiger partial charge in [-0.25, -0.2) is 0 Å². The Morgan fingerprint density at radius 2 is 1.95 bits per heavy atom. The molecule has 0 aliphatic heterocycles. The molecule has 0 spiro atoms. The van der Waals surface area contributed by atoms with Gasteiger partial charge in [0.2, 0.25) is 0 Å². The van der Waals surface area contributed by atoms with Crippen LogP contribution in [-0.4, -0.2) is 24.8 Å². The molecular formula is C17H35NO. The number of rotatable bonds is 9. The Bertz CT molecular complexity index is 219. The molecule has 0 aromatic rings. The van der Waals surface area contributed by atoms with E-state index in [-0.39, 0.29) is 0 Å². The lowest BCUT2D eigenvalue weighted by molar-refractivity contribution is -0.0515. The number of hydrogen-bond donors (Lipinski definition) is 1. The third-order valence-corrected chi connectivity index (χ3v) is 4.39. The average Bonchev–Trinajstić information content (AvgIpc) is 2.38. The van der Waals surface area contributed by atoms with Crippen LogP contribution in [0.5, 0.6) is 0 Å². The van der Waals surface area contributed by atoms with Crippen LogP contribution < -0.4 is 5.32 Å². The fourth-order valence-corrected chi connectivity index (χ4v) is 3.20. The summed E-state index contributed by atoms with van der Waals surface area (Å²) < 4.78 is 6.34. The molecule has 0 radical (unpaired) electrons. The molecule has 1 aliphatic rings. The van der Waals surface area contributed by atoms with Crippen LogP contribution in [0.3, 0.4) is 0 Å². The Hall–Kier alpha value is -0.0800. The second-order valence-electron chi connectivity index (χ2n) is 6.42. The lowest BCUT2D eigenvalue weighted by Crippen LogP contribution is -2.46. The summed E-state index contributed by atoms with van der Waals surface area (Å²) in [6.07, 6.45) is 11.3. The molecule has 1 fully saturated rings. The second kappa shape index (κ2) is 9.77. The van der Waals surface area contributed by atoms with Crippen molar-refractivity contribution in [1.29, 1.82) is 0 Å². The van der Waals surface area contributed by atoms with Crippen LogP contribution in [0.4, 0.5) is 0 Å². The van der Waals surface area contributed by atoms with E-state index in [0.29, 0.717) is 18.2 Å². The molecule has 19 heavy (non-hydrogen) atoms. The van der Waals surface area contributed by atoms with E-state index in [2.05, 4.69) is 33.0 Å². The molecule has 4 atom stereocenters. The minimum Gasteiger partial charge on any atom is -0.374 e. The summed E-state index contributed by atoms with van der Waals surface area (Å²) in [6, 6.07) is 0.583. The number of ether oxygens (including phenoxy) is 1. The maximum atomic E-state index is 6.34. The van der Waals surface area contributed by atoms with Crippen LogP contribution in [0.15, 0.2) is 0 Å². The SMILES string of the molecule is CCCCCCC(C)OC1CC(C)CCC1NCC. The summed E-state index contributed by atoms with van der Waals surface area (Å²) in [5, 5.41) is 3.61. The smallest absolute Gasteiger partial charge is 0.0734 e. The monoisotopic (exact) mass is 269 g/mol. The average molecular weight is 269 g/mol. The van der Waals surface area contributed by atoms with Crippen molar-refractivity contribution in [2.45, 2.75) is 97.3 Å². The maximum absolute atomic E-state index is 6.34. The molecule has 0 aromatic carbocycles. The van der Waals surface area contributed by atoms with E-state index in [1.165, 1.54) is 51.4 Å². The lowest BCUT2D eigenvalue weighted by atomic mass is 9.85.